The minimum atomic E-state index is -1.16. The van der Waals surface area contributed by atoms with Crippen molar-refractivity contribution >= 4 is 11.9 Å². The molecule has 0 heterocycles. The predicted octanol–water partition coefficient (Wildman–Crippen LogP) is 1.82. The maximum absolute atomic E-state index is 13.1. The third kappa shape index (κ3) is 5.91. The summed E-state index contributed by atoms with van der Waals surface area (Å²) < 4.78 is 13.1. The zero-order valence-corrected chi connectivity index (χ0v) is 12.1. The normalized spacial score (nSPS) is 12.2. The highest BCUT2D eigenvalue weighted by Crippen LogP contribution is 2.19. The van der Waals surface area contributed by atoms with E-state index in [2.05, 4.69) is 0 Å². The number of rotatable bonds is 7. The fourth-order valence-corrected chi connectivity index (χ4v) is 1.98. The van der Waals surface area contributed by atoms with Crippen LogP contribution in [0.2, 0.25) is 0 Å². The fourth-order valence-electron chi connectivity index (χ4n) is 1.98. The van der Waals surface area contributed by atoms with Crippen molar-refractivity contribution in [2.75, 3.05) is 13.1 Å². The highest BCUT2D eigenvalue weighted by Gasteiger charge is 2.21. The van der Waals surface area contributed by atoms with Gasteiger partial charge in [0, 0.05) is 6.54 Å². The average molecular weight is 297 g/mol. The SMILES string of the molecule is CC(C)CN(CC(=O)O)C(=O)CC(O)c1cccc(F)c1. The Labute approximate surface area is 123 Å². The Morgan fingerprint density at radius 3 is 2.52 bits per heavy atom. The Balaban J connectivity index is 2.73. The zero-order valence-electron chi connectivity index (χ0n) is 12.1. The van der Waals surface area contributed by atoms with Crippen LogP contribution >= 0.6 is 0 Å². The third-order valence-corrected chi connectivity index (χ3v) is 2.87. The number of carboxylic acid groups (broad SMARTS) is 1. The van der Waals surface area contributed by atoms with Crippen LogP contribution in [0, 0.1) is 11.7 Å². The number of benzene rings is 1. The molecular formula is C15H20FNO4. The summed E-state index contributed by atoms with van der Waals surface area (Å²) >= 11 is 0. The van der Waals surface area contributed by atoms with Crippen molar-refractivity contribution in [1.29, 1.82) is 0 Å². The molecule has 1 aromatic carbocycles. The first kappa shape index (κ1) is 17.1. The number of carbonyl (C=O) groups excluding carboxylic acids is 1. The second kappa shape index (κ2) is 7.73. The molecule has 0 fully saturated rings. The van der Waals surface area contributed by atoms with Crippen LogP contribution in [0.1, 0.15) is 31.9 Å². The molecule has 2 N–H and O–H groups in total. The fraction of sp³-hybridized carbons (Fsp3) is 0.467. The molecule has 5 nitrogen and oxygen atoms in total. The van der Waals surface area contributed by atoms with Crippen LogP contribution in [-0.4, -0.2) is 40.1 Å². The molecule has 1 rings (SSSR count). The maximum atomic E-state index is 13.1. The third-order valence-electron chi connectivity index (χ3n) is 2.87. The van der Waals surface area contributed by atoms with Crippen molar-refractivity contribution in [2.24, 2.45) is 5.92 Å². The molecule has 0 spiro atoms. The Kier molecular flexibility index (Phi) is 6.30. The van der Waals surface area contributed by atoms with E-state index < -0.39 is 30.3 Å². The van der Waals surface area contributed by atoms with Gasteiger partial charge in [0.2, 0.25) is 5.91 Å². The first-order chi connectivity index (χ1) is 9.79. The highest BCUT2D eigenvalue weighted by molar-refractivity contribution is 5.81. The zero-order chi connectivity index (χ0) is 16.0. The number of amides is 1. The molecule has 0 aliphatic heterocycles. The van der Waals surface area contributed by atoms with Gasteiger partial charge in [-0.15, -0.1) is 0 Å². The first-order valence-electron chi connectivity index (χ1n) is 6.72. The molecule has 0 bridgehead atoms. The molecule has 0 aromatic heterocycles. The number of carbonyl (C=O) groups is 2. The van der Waals surface area contributed by atoms with E-state index in [1.54, 1.807) is 0 Å². The van der Waals surface area contributed by atoms with Gasteiger partial charge in [-0.3, -0.25) is 9.59 Å². The number of aliphatic hydroxyl groups is 1. The Bertz CT molecular complexity index is 504. The largest absolute Gasteiger partial charge is 0.480 e. The van der Waals surface area contributed by atoms with E-state index in [9.17, 15) is 19.1 Å². The van der Waals surface area contributed by atoms with Gasteiger partial charge >= 0.3 is 5.97 Å². The van der Waals surface area contributed by atoms with E-state index in [-0.39, 0.29) is 12.3 Å². The molecule has 0 aliphatic carbocycles. The second-order valence-electron chi connectivity index (χ2n) is 5.34. The number of aliphatic hydroxyl groups excluding tert-OH is 1. The number of halogens is 1. The van der Waals surface area contributed by atoms with Gasteiger partial charge in [-0.2, -0.15) is 0 Å². The van der Waals surface area contributed by atoms with Gasteiger partial charge in [-0.05, 0) is 23.6 Å². The monoisotopic (exact) mass is 297 g/mol. The lowest BCUT2D eigenvalue weighted by Crippen LogP contribution is -2.38. The molecule has 0 saturated carbocycles. The van der Waals surface area contributed by atoms with Gasteiger partial charge in [-0.1, -0.05) is 26.0 Å². The van der Waals surface area contributed by atoms with E-state index in [4.69, 9.17) is 5.11 Å². The van der Waals surface area contributed by atoms with Crippen molar-refractivity contribution in [3.05, 3.63) is 35.6 Å². The Morgan fingerprint density at radius 2 is 2.00 bits per heavy atom. The van der Waals surface area contributed by atoms with Crippen molar-refractivity contribution < 1.29 is 24.2 Å². The van der Waals surface area contributed by atoms with E-state index in [0.29, 0.717) is 12.1 Å². The van der Waals surface area contributed by atoms with Gasteiger partial charge in [0.15, 0.2) is 0 Å². The predicted molar refractivity (Wildman–Crippen MR) is 75.0 cm³/mol. The molecule has 0 aliphatic rings. The average Bonchev–Trinajstić information content (AvgIpc) is 2.36. The number of carboxylic acids is 1. The number of hydrogen-bond acceptors (Lipinski definition) is 3. The number of nitrogens with zero attached hydrogens (tertiary/aromatic N) is 1. The van der Waals surface area contributed by atoms with E-state index in [0.717, 1.165) is 6.07 Å². The van der Waals surface area contributed by atoms with Crippen LogP contribution in [0.15, 0.2) is 24.3 Å². The molecule has 0 saturated heterocycles. The highest BCUT2D eigenvalue weighted by atomic mass is 19.1. The van der Waals surface area contributed by atoms with Gasteiger partial charge in [0.25, 0.3) is 0 Å². The van der Waals surface area contributed by atoms with Crippen LogP contribution in [0.25, 0.3) is 0 Å². The van der Waals surface area contributed by atoms with Crippen molar-refractivity contribution in [3.63, 3.8) is 0 Å². The van der Waals surface area contributed by atoms with E-state index >= 15 is 0 Å². The molecule has 1 aromatic rings. The van der Waals surface area contributed by atoms with Crippen LogP contribution in [0.5, 0.6) is 0 Å². The summed E-state index contributed by atoms with van der Waals surface area (Å²) in [5.74, 6) is -1.96. The lowest BCUT2D eigenvalue weighted by atomic mass is 10.1. The standard InChI is InChI=1S/C15H20FNO4/c1-10(2)8-17(9-15(20)21)14(19)7-13(18)11-4-3-5-12(16)6-11/h3-6,10,13,18H,7-9H2,1-2H3,(H,20,21). The quantitative estimate of drug-likeness (QED) is 0.804. The van der Waals surface area contributed by atoms with Crippen molar-refractivity contribution in [2.45, 2.75) is 26.4 Å². The van der Waals surface area contributed by atoms with Gasteiger partial charge in [0.05, 0.1) is 12.5 Å². The Hall–Kier alpha value is -1.95. The lowest BCUT2D eigenvalue weighted by Gasteiger charge is -2.24. The van der Waals surface area contributed by atoms with Crippen molar-refractivity contribution in [3.8, 4) is 0 Å². The smallest absolute Gasteiger partial charge is 0.323 e. The lowest BCUT2D eigenvalue weighted by molar-refractivity contribution is -0.145. The molecule has 1 atom stereocenters. The maximum Gasteiger partial charge on any atom is 0.323 e. The first-order valence-corrected chi connectivity index (χ1v) is 6.72. The Morgan fingerprint density at radius 1 is 1.33 bits per heavy atom. The van der Waals surface area contributed by atoms with Crippen molar-refractivity contribution in [1.82, 2.24) is 4.90 Å². The molecule has 21 heavy (non-hydrogen) atoms. The summed E-state index contributed by atoms with van der Waals surface area (Å²) in [4.78, 5) is 24.1. The second-order valence-corrected chi connectivity index (χ2v) is 5.34. The van der Waals surface area contributed by atoms with Crippen LogP contribution in [0.4, 0.5) is 4.39 Å². The molecular weight excluding hydrogens is 277 g/mol. The minimum Gasteiger partial charge on any atom is -0.480 e. The molecule has 0 radical (unpaired) electrons. The topological polar surface area (TPSA) is 77.8 Å². The van der Waals surface area contributed by atoms with Crippen LogP contribution in [-0.2, 0) is 9.59 Å². The minimum absolute atomic E-state index is 0.111. The van der Waals surface area contributed by atoms with Crippen LogP contribution in [0.3, 0.4) is 0 Å². The van der Waals surface area contributed by atoms with Crippen LogP contribution < -0.4 is 0 Å². The summed E-state index contributed by atoms with van der Waals surface area (Å²) in [6.45, 7) is 3.62. The molecule has 6 heteroatoms. The summed E-state index contributed by atoms with van der Waals surface area (Å²) in [5.41, 5.74) is 0.295. The molecule has 116 valence electrons. The summed E-state index contributed by atoms with van der Waals surface area (Å²) in [7, 11) is 0. The van der Waals surface area contributed by atoms with Gasteiger partial charge in [0.1, 0.15) is 12.4 Å². The molecule has 1 unspecified atom stereocenters. The number of aliphatic carboxylic acids is 1. The molecule has 1 amide bonds. The summed E-state index contributed by atoms with van der Waals surface area (Å²) in [6, 6.07) is 5.36. The summed E-state index contributed by atoms with van der Waals surface area (Å²) in [6.07, 6.45) is -1.43. The summed E-state index contributed by atoms with van der Waals surface area (Å²) in [5, 5.41) is 18.8. The number of hydrogen-bond donors (Lipinski definition) is 2. The van der Waals surface area contributed by atoms with E-state index in [1.165, 1.54) is 23.1 Å². The van der Waals surface area contributed by atoms with E-state index in [1.807, 2.05) is 13.8 Å². The van der Waals surface area contributed by atoms with Gasteiger partial charge in [-0.25, -0.2) is 4.39 Å². The van der Waals surface area contributed by atoms with Gasteiger partial charge < -0.3 is 15.1 Å².